The molecule has 6 nitrogen and oxygen atoms in total. The Morgan fingerprint density at radius 3 is 2.62 bits per heavy atom. The fourth-order valence-electron chi connectivity index (χ4n) is 2.53. The van der Waals surface area contributed by atoms with E-state index >= 15 is 0 Å². The summed E-state index contributed by atoms with van der Waals surface area (Å²) >= 11 is 0. The van der Waals surface area contributed by atoms with E-state index < -0.39 is 0 Å². The van der Waals surface area contributed by atoms with Gasteiger partial charge in [0, 0.05) is 44.0 Å². The highest BCUT2D eigenvalue weighted by molar-refractivity contribution is 5.52. The van der Waals surface area contributed by atoms with Gasteiger partial charge in [-0.25, -0.2) is 4.98 Å². The Kier molecular flexibility index (Phi) is 3.77. The number of benzene rings is 1. The maximum atomic E-state index is 11.3. The lowest BCUT2D eigenvalue weighted by Crippen LogP contribution is -2.47. The molecule has 1 fully saturated rings. The molecule has 1 aromatic heterocycles. The molecule has 110 valence electrons. The molecule has 0 amide bonds. The average Bonchev–Trinajstić information content (AvgIpc) is 2.55. The van der Waals surface area contributed by atoms with E-state index in [-0.39, 0.29) is 5.56 Å². The molecule has 0 atom stereocenters. The summed E-state index contributed by atoms with van der Waals surface area (Å²) in [4.78, 5) is 22.5. The number of aromatic nitrogens is 2. The molecule has 0 unspecified atom stereocenters. The molecule has 0 spiro atoms. The van der Waals surface area contributed by atoms with Crippen LogP contribution in [0.2, 0.25) is 0 Å². The third kappa shape index (κ3) is 2.99. The molecule has 0 radical (unpaired) electrons. The number of hydrogen-bond acceptors (Lipinski definition) is 5. The standard InChI is InChI=1S/C15H18N4O2/c1-21-13-4-2-3-12(9-13)18-5-7-19(8-6-18)14-10-15(20)17-11-16-14/h2-4,9-11H,5-8H2,1H3,(H,16,17,20). The van der Waals surface area contributed by atoms with Crippen LogP contribution in [0, 0.1) is 0 Å². The Morgan fingerprint density at radius 1 is 1.14 bits per heavy atom. The van der Waals surface area contributed by atoms with Gasteiger partial charge in [-0.1, -0.05) is 6.07 Å². The highest BCUT2D eigenvalue weighted by Gasteiger charge is 2.18. The maximum Gasteiger partial charge on any atom is 0.252 e. The summed E-state index contributed by atoms with van der Waals surface area (Å²) in [7, 11) is 1.68. The van der Waals surface area contributed by atoms with Gasteiger partial charge in [-0.15, -0.1) is 0 Å². The van der Waals surface area contributed by atoms with Gasteiger partial charge >= 0.3 is 0 Å². The molecule has 2 aromatic rings. The van der Waals surface area contributed by atoms with Crippen LogP contribution in [0.3, 0.4) is 0 Å². The monoisotopic (exact) mass is 286 g/mol. The molecule has 1 saturated heterocycles. The first-order chi connectivity index (χ1) is 10.3. The Labute approximate surface area is 123 Å². The van der Waals surface area contributed by atoms with Gasteiger partial charge in [0.25, 0.3) is 5.56 Å². The lowest BCUT2D eigenvalue weighted by Gasteiger charge is -2.36. The second-order valence-electron chi connectivity index (χ2n) is 4.94. The lowest BCUT2D eigenvalue weighted by molar-refractivity contribution is 0.414. The summed E-state index contributed by atoms with van der Waals surface area (Å²) in [6, 6.07) is 9.62. The topological polar surface area (TPSA) is 61.5 Å². The van der Waals surface area contributed by atoms with Crippen LogP contribution in [0.5, 0.6) is 5.75 Å². The van der Waals surface area contributed by atoms with E-state index in [2.05, 4.69) is 25.8 Å². The number of ether oxygens (including phenoxy) is 1. The predicted molar refractivity (Wildman–Crippen MR) is 82.3 cm³/mol. The normalized spacial score (nSPS) is 15.1. The van der Waals surface area contributed by atoms with Crippen molar-refractivity contribution in [1.82, 2.24) is 9.97 Å². The van der Waals surface area contributed by atoms with Crippen LogP contribution in [0.1, 0.15) is 0 Å². The first-order valence-corrected chi connectivity index (χ1v) is 6.95. The smallest absolute Gasteiger partial charge is 0.252 e. The van der Waals surface area contributed by atoms with E-state index in [0.29, 0.717) is 0 Å². The van der Waals surface area contributed by atoms with Crippen LogP contribution in [0.15, 0.2) is 41.5 Å². The molecule has 0 aliphatic carbocycles. The van der Waals surface area contributed by atoms with Crippen molar-refractivity contribution >= 4 is 11.5 Å². The van der Waals surface area contributed by atoms with E-state index in [4.69, 9.17) is 4.74 Å². The molecule has 21 heavy (non-hydrogen) atoms. The zero-order valence-electron chi connectivity index (χ0n) is 12.0. The van der Waals surface area contributed by atoms with Crippen LogP contribution in [0.4, 0.5) is 11.5 Å². The largest absolute Gasteiger partial charge is 0.497 e. The van der Waals surface area contributed by atoms with Crippen molar-refractivity contribution in [1.29, 1.82) is 0 Å². The average molecular weight is 286 g/mol. The third-order valence-electron chi connectivity index (χ3n) is 3.69. The minimum absolute atomic E-state index is 0.116. The van der Waals surface area contributed by atoms with Crippen LogP contribution < -0.4 is 20.1 Å². The number of methoxy groups -OCH3 is 1. The second kappa shape index (κ2) is 5.87. The molecule has 3 rings (SSSR count). The molecule has 2 heterocycles. The van der Waals surface area contributed by atoms with Crippen molar-refractivity contribution in [3.63, 3.8) is 0 Å². The van der Waals surface area contributed by atoms with Crippen LogP contribution in [0.25, 0.3) is 0 Å². The molecule has 1 aliphatic heterocycles. The molecule has 0 bridgehead atoms. The number of hydrogen-bond donors (Lipinski definition) is 1. The molecular formula is C15H18N4O2. The summed E-state index contributed by atoms with van der Waals surface area (Å²) in [6.07, 6.45) is 1.45. The minimum atomic E-state index is -0.116. The minimum Gasteiger partial charge on any atom is -0.497 e. The molecular weight excluding hydrogens is 268 g/mol. The zero-order valence-corrected chi connectivity index (χ0v) is 12.0. The van der Waals surface area contributed by atoms with Crippen molar-refractivity contribution in [2.45, 2.75) is 0 Å². The van der Waals surface area contributed by atoms with Crippen molar-refractivity contribution in [3.8, 4) is 5.75 Å². The number of nitrogens with one attached hydrogen (secondary N) is 1. The highest BCUT2D eigenvalue weighted by atomic mass is 16.5. The fraction of sp³-hybridized carbons (Fsp3) is 0.333. The molecule has 1 aromatic carbocycles. The first-order valence-electron chi connectivity index (χ1n) is 6.95. The second-order valence-corrected chi connectivity index (χ2v) is 4.94. The van der Waals surface area contributed by atoms with Gasteiger partial charge in [-0.3, -0.25) is 4.79 Å². The number of anilines is 2. The predicted octanol–water partition coefficient (Wildman–Crippen LogP) is 1.11. The number of nitrogens with zero attached hydrogens (tertiary/aromatic N) is 3. The van der Waals surface area contributed by atoms with Gasteiger partial charge in [0.2, 0.25) is 0 Å². The van der Waals surface area contributed by atoms with Crippen molar-refractivity contribution < 1.29 is 4.74 Å². The quantitative estimate of drug-likeness (QED) is 0.915. The molecule has 0 saturated carbocycles. The molecule has 6 heteroatoms. The van der Waals surface area contributed by atoms with Crippen molar-refractivity contribution in [3.05, 3.63) is 47.0 Å². The van der Waals surface area contributed by atoms with E-state index in [0.717, 1.165) is 43.4 Å². The molecule has 1 aliphatic rings. The SMILES string of the molecule is COc1cccc(N2CCN(c3cc(=O)[nH]cn3)CC2)c1. The number of aromatic amines is 1. The van der Waals surface area contributed by atoms with Gasteiger partial charge in [0.05, 0.1) is 13.4 Å². The first kappa shape index (κ1) is 13.5. The van der Waals surface area contributed by atoms with E-state index in [9.17, 15) is 4.79 Å². The zero-order chi connectivity index (χ0) is 14.7. The summed E-state index contributed by atoms with van der Waals surface area (Å²) in [5, 5.41) is 0. The summed E-state index contributed by atoms with van der Waals surface area (Å²) in [5.41, 5.74) is 1.04. The third-order valence-corrected chi connectivity index (χ3v) is 3.69. The fourth-order valence-corrected chi connectivity index (χ4v) is 2.53. The van der Waals surface area contributed by atoms with E-state index in [1.807, 2.05) is 18.2 Å². The number of H-pyrrole nitrogens is 1. The Morgan fingerprint density at radius 2 is 1.90 bits per heavy atom. The maximum absolute atomic E-state index is 11.3. The number of rotatable bonds is 3. The van der Waals surface area contributed by atoms with Gasteiger partial charge in [0.15, 0.2) is 0 Å². The van der Waals surface area contributed by atoms with Gasteiger partial charge < -0.3 is 19.5 Å². The lowest BCUT2D eigenvalue weighted by atomic mass is 10.2. The van der Waals surface area contributed by atoms with Crippen molar-refractivity contribution in [2.24, 2.45) is 0 Å². The van der Waals surface area contributed by atoms with E-state index in [1.54, 1.807) is 13.2 Å². The van der Waals surface area contributed by atoms with E-state index in [1.165, 1.54) is 6.33 Å². The summed E-state index contributed by atoms with van der Waals surface area (Å²) in [5.74, 6) is 1.61. The van der Waals surface area contributed by atoms with Crippen LogP contribution >= 0.6 is 0 Å². The highest BCUT2D eigenvalue weighted by Crippen LogP contribution is 2.22. The Hall–Kier alpha value is -2.50. The van der Waals surface area contributed by atoms with Crippen molar-refractivity contribution in [2.75, 3.05) is 43.1 Å². The van der Waals surface area contributed by atoms with Gasteiger partial charge in [-0.2, -0.15) is 0 Å². The van der Waals surface area contributed by atoms with Crippen LogP contribution in [-0.2, 0) is 0 Å². The van der Waals surface area contributed by atoms with Crippen LogP contribution in [-0.4, -0.2) is 43.3 Å². The van der Waals surface area contributed by atoms with Gasteiger partial charge in [0.1, 0.15) is 11.6 Å². The molecule has 1 N–H and O–H groups in total. The Bertz CT molecular complexity index is 662. The van der Waals surface area contributed by atoms with Gasteiger partial charge in [-0.05, 0) is 12.1 Å². The number of piperazine rings is 1. The summed E-state index contributed by atoms with van der Waals surface area (Å²) in [6.45, 7) is 3.46. The Balaban J connectivity index is 1.68. The summed E-state index contributed by atoms with van der Waals surface area (Å²) < 4.78 is 5.26.